The molecule has 0 spiro atoms. The number of nitrogens with zero attached hydrogens (tertiary/aromatic N) is 5. The highest BCUT2D eigenvalue weighted by molar-refractivity contribution is 5.94. The molecule has 0 aliphatic carbocycles. The molecule has 8 heteroatoms. The number of hydrogen-bond donors (Lipinski definition) is 1. The molecule has 3 aromatic heterocycles. The molecule has 1 amide bonds. The summed E-state index contributed by atoms with van der Waals surface area (Å²) in [6.07, 6.45) is 8.50. The van der Waals surface area contributed by atoms with Gasteiger partial charge in [-0.15, -0.1) is 0 Å². The van der Waals surface area contributed by atoms with E-state index in [9.17, 15) is 4.79 Å². The number of carbonyl (C=O) groups excluding carboxylic acids is 1. The Morgan fingerprint density at radius 1 is 1.03 bits per heavy atom. The molecule has 5 rings (SSSR count). The van der Waals surface area contributed by atoms with Crippen molar-refractivity contribution in [1.29, 1.82) is 0 Å². The molecule has 4 aromatic rings. The molecule has 1 fully saturated rings. The maximum absolute atomic E-state index is 13.2. The zero-order valence-corrected chi connectivity index (χ0v) is 19.5. The van der Waals surface area contributed by atoms with Crippen LogP contribution < -0.4 is 10.5 Å². The smallest absolute Gasteiger partial charge is 0.255 e. The monoisotopic (exact) mass is 466 g/mol. The van der Waals surface area contributed by atoms with Gasteiger partial charge in [0, 0.05) is 43.2 Å². The number of carbonyl (C=O) groups is 1. The number of nitrogens with two attached hydrogens (primary N) is 1. The molecule has 0 saturated carbocycles. The average molecular weight is 467 g/mol. The quantitative estimate of drug-likeness (QED) is 0.457. The number of rotatable bonds is 5. The minimum Gasteiger partial charge on any atom is -0.437 e. The predicted octanol–water partition coefficient (Wildman–Crippen LogP) is 4.64. The highest BCUT2D eigenvalue weighted by Gasteiger charge is 2.27. The number of hydrogen-bond acceptors (Lipinski definition) is 7. The molecule has 1 atom stereocenters. The van der Waals surface area contributed by atoms with Crippen LogP contribution in [-0.2, 0) is 0 Å². The SMILES string of the molecule is Cc1ccccc1Oc1cncc([C@H]2CCCN(C(=O)c3ccc(-c4ccc(N)nc4)nc3)C2)n1. The summed E-state index contributed by atoms with van der Waals surface area (Å²) in [6, 6.07) is 15.0. The fourth-order valence-corrected chi connectivity index (χ4v) is 4.23. The van der Waals surface area contributed by atoms with Gasteiger partial charge in [0.15, 0.2) is 0 Å². The van der Waals surface area contributed by atoms with E-state index in [1.54, 1.807) is 36.9 Å². The standard InChI is InChI=1S/C27H26N6O2/c1-18-5-2-3-7-24(18)35-26-16-29-15-23(32-26)21-6-4-12-33(17-21)27(34)20-8-10-22(30-14-20)19-9-11-25(28)31-13-19/h2-3,5,7-11,13-16,21H,4,6,12,17H2,1H3,(H2,28,31)/t21-/m0/s1. The summed E-state index contributed by atoms with van der Waals surface area (Å²) in [4.78, 5) is 32.7. The number of nitrogen functional groups attached to an aromatic ring is 1. The highest BCUT2D eigenvalue weighted by atomic mass is 16.5. The second-order valence-electron chi connectivity index (χ2n) is 8.64. The summed E-state index contributed by atoms with van der Waals surface area (Å²) in [5.41, 5.74) is 9.66. The van der Waals surface area contributed by atoms with Gasteiger partial charge in [0.25, 0.3) is 5.91 Å². The first-order chi connectivity index (χ1) is 17.1. The van der Waals surface area contributed by atoms with Crippen molar-refractivity contribution in [2.75, 3.05) is 18.8 Å². The fraction of sp³-hybridized carbons (Fsp3) is 0.222. The molecule has 1 aliphatic rings. The molecule has 0 bridgehead atoms. The van der Waals surface area contributed by atoms with Gasteiger partial charge >= 0.3 is 0 Å². The second kappa shape index (κ2) is 9.89. The summed E-state index contributed by atoms with van der Waals surface area (Å²) in [7, 11) is 0. The Kier molecular flexibility index (Phi) is 6.34. The Hall–Kier alpha value is -4.33. The van der Waals surface area contributed by atoms with Crippen molar-refractivity contribution in [3.8, 4) is 22.9 Å². The van der Waals surface area contributed by atoms with Gasteiger partial charge in [0.05, 0.1) is 23.1 Å². The van der Waals surface area contributed by atoms with Crippen molar-refractivity contribution >= 4 is 11.7 Å². The minimum atomic E-state index is -0.0375. The third-order valence-electron chi connectivity index (χ3n) is 6.16. The van der Waals surface area contributed by atoms with Crippen molar-refractivity contribution in [2.45, 2.75) is 25.7 Å². The molecule has 2 N–H and O–H groups in total. The van der Waals surface area contributed by atoms with E-state index in [-0.39, 0.29) is 11.8 Å². The topological polar surface area (TPSA) is 107 Å². The summed E-state index contributed by atoms with van der Waals surface area (Å²) >= 11 is 0. The number of pyridine rings is 2. The summed E-state index contributed by atoms with van der Waals surface area (Å²) in [5, 5.41) is 0. The van der Waals surface area contributed by atoms with E-state index >= 15 is 0 Å². The molecule has 0 unspecified atom stereocenters. The lowest BCUT2D eigenvalue weighted by molar-refractivity contribution is 0.0705. The minimum absolute atomic E-state index is 0.0375. The third-order valence-corrected chi connectivity index (χ3v) is 6.16. The lowest BCUT2D eigenvalue weighted by Crippen LogP contribution is -2.39. The molecule has 35 heavy (non-hydrogen) atoms. The molecular formula is C27H26N6O2. The molecule has 0 radical (unpaired) electrons. The maximum Gasteiger partial charge on any atom is 0.255 e. The van der Waals surface area contributed by atoms with Crippen LogP contribution in [0.15, 0.2) is 73.3 Å². The molecular weight excluding hydrogens is 440 g/mol. The number of benzene rings is 1. The van der Waals surface area contributed by atoms with E-state index in [2.05, 4.69) is 15.0 Å². The van der Waals surface area contributed by atoms with Crippen molar-refractivity contribution < 1.29 is 9.53 Å². The van der Waals surface area contributed by atoms with Gasteiger partial charge in [-0.1, -0.05) is 18.2 Å². The number of piperidine rings is 1. The first-order valence-electron chi connectivity index (χ1n) is 11.6. The molecule has 176 valence electrons. The highest BCUT2D eigenvalue weighted by Crippen LogP contribution is 2.29. The normalized spacial score (nSPS) is 15.6. The van der Waals surface area contributed by atoms with Crippen molar-refractivity contribution in [3.05, 3.63) is 90.1 Å². The number of amides is 1. The number of para-hydroxylation sites is 1. The van der Waals surface area contributed by atoms with Crippen molar-refractivity contribution in [3.63, 3.8) is 0 Å². The van der Waals surface area contributed by atoms with E-state index in [4.69, 9.17) is 15.5 Å². The maximum atomic E-state index is 13.2. The lowest BCUT2D eigenvalue weighted by atomic mass is 9.94. The van der Waals surface area contributed by atoms with E-state index in [0.29, 0.717) is 30.4 Å². The van der Waals surface area contributed by atoms with Crippen LogP contribution >= 0.6 is 0 Å². The molecule has 1 saturated heterocycles. The van der Waals surface area contributed by atoms with Gasteiger partial charge in [-0.2, -0.15) is 0 Å². The van der Waals surface area contributed by atoms with Gasteiger partial charge in [0.1, 0.15) is 11.6 Å². The zero-order chi connectivity index (χ0) is 24.2. The largest absolute Gasteiger partial charge is 0.437 e. The summed E-state index contributed by atoms with van der Waals surface area (Å²) < 4.78 is 5.96. The first-order valence-corrected chi connectivity index (χ1v) is 11.6. The average Bonchev–Trinajstić information content (AvgIpc) is 2.90. The Morgan fingerprint density at radius 2 is 1.91 bits per heavy atom. The zero-order valence-electron chi connectivity index (χ0n) is 19.5. The molecule has 1 aliphatic heterocycles. The second-order valence-corrected chi connectivity index (χ2v) is 8.64. The van der Waals surface area contributed by atoms with Gasteiger partial charge in [-0.3, -0.25) is 14.8 Å². The molecule has 8 nitrogen and oxygen atoms in total. The number of likely N-dealkylation sites (tertiary alicyclic amines) is 1. The summed E-state index contributed by atoms with van der Waals surface area (Å²) in [6.45, 7) is 3.27. The fourth-order valence-electron chi connectivity index (χ4n) is 4.23. The van der Waals surface area contributed by atoms with Crippen molar-refractivity contribution in [1.82, 2.24) is 24.8 Å². The van der Waals surface area contributed by atoms with Gasteiger partial charge in [-0.25, -0.2) is 9.97 Å². The van der Waals surface area contributed by atoms with Crippen LogP contribution in [0.2, 0.25) is 0 Å². The lowest BCUT2D eigenvalue weighted by Gasteiger charge is -2.32. The summed E-state index contributed by atoms with van der Waals surface area (Å²) in [5.74, 6) is 1.72. The Labute approximate surface area is 203 Å². The van der Waals surface area contributed by atoms with Crippen LogP contribution in [0.1, 0.15) is 40.4 Å². The van der Waals surface area contributed by atoms with Crippen LogP contribution in [-0.4, -0.2) is 43.8 Å². The van der Waals surface area contributed by atoms with Crippen LogP contribution in [0.25, 0.3) is 11.3 Å². The number of anilines is 1. The molecule has 4 heterocycles. The van der Waals surface area contributed by atoms with Crippen LogP contribution in [0, 0.1) is 6.92 Å². The third kappa shape index (κ3) is 5.11. The molecule has 1 aromatic carbocycles. The van der Waals surface area contributed by atoms with Gasteiger partial charge in [0.2, 0.25) is 5.88 Å². The van der Waals surface area contributed by atoms with Crippen LogP contribution in [0.5, 0.6) is 11.6 Å². The van der Waals surface area contributed by atoms with Crippen molar-refractivity contribution in [2.24, 2.45) is 0 Å². The van der Waals surface area contributed by atoms with Crippen LogP contribution in [0.4, 0.5) is 5.82 Å². The van der Waals surface area contributed by atoms with E-state index in [0.717, 1.165) is 41.1 Å². The number of aromatic nitrogens is 4. The van der Waals surface area contributed by atoms with Crippen LogP contribution in [0.3, 0.4) is 0 Å². The Balaban J connectivity index is 1.28. The van der Waals surface area contributed by atoms with E-state index in [1.165, 1.54) is 0 Å². The van der Waals surface area contributed by atoms with E-state index < -0.39 is 0 Å². The number of aryl methyl sites for hydroxylation is 1. The Morgan fingerprint density at radius 3 is 2.69 bits per heavy atom. The van der Waals surface area contributed by atoms with E-state index in [1.807, 2.05) is 48.2 Å². The van der Waals surface area contributed by atoms with Gasteiger partial charge in [-0.05, 0) is 55.7 Å². The first kappa shape index (κ1) is 22.5. The Bertz CT molecular complexity index is 1320. The number of ether oxygens (including phenoxy) is 1. The predicted molar refractivity (Wildman–Crippen MR) is 133 cm³/mol. The van der Waals surface area contributed by atoms with Gasteiger partial charge < -0.3 is 15.4 Å².